The Labute approximate surface area is 86.9 Å². The van der Waals surface area contributed by atoms with E-state index in [-0.39, 0.29) is 0 Å². The molecule has 0 saturated heterocycles. The smallest absolute Gasteiger partial charge is 0.261 e. The molecule has 0 unspecified atom stereocenters. The zero-order valence-electron chi connectivity index (χ0n) is 8.36. The Morgan fingerprint density at radius 3 is 3.07 bits per heavy atom. The zero-order chi connectivity index (χ0) is 10.3. The minimum atomic E-state index is 0.534. The molecule has 15 heavy (non-hydrogen) atoms. The number of benzene rings is 1. The molecule has 0 atom stereocenters. The Balaban J connectivity index is 2.16. The summed E-state index contributed by atoms with van der Waals surface area (Å²) >= 11 is 0. The highest BCUT2D eigenvalue weighted by Gasteiger charge is 2.19. The predicted octanol–water partition coefficient (Wildman–Crippen LogP) is 1.98. The van der Waals surface area contributed by atoms with Crippen molar-refractivity contribution in [3.8, 4) is 17.2 Å². The summed E-state index contributed by atoms with van der Waals surface area (Å²) in [5.74, 6) is 2.06. The van der Waals surface area contributed by atoms with Crippen LogP contribution in [0.15, 0.2) is 22.7 Å². The van der Waals surface area contributed by atoms with E-state index in [0.29, 0.717) is 11.7 Å². The van der Waals surface area contributed by atoms with Gasteiger partial charge in [-0.25, -0.2) is 0 Å². The third-order valence-electron chi connectivity index (χ3n) is 2.47. The summed E-state index contributed by atoms with van der Waals surface area (Å²) < 4.78 is 10.7. The minimum absolute atomic E-state index is 0.534. The molecule has 0 aliphatic carbocycles. The van der Waals surface area contributed by atoms with E-state index in [2.05, 4.69) is 16.2 Å². The second kappa shape index (κ2) is 3.08. The quantitative estimate of drug-likeness (QED) is 0.709. The van der Waals surface area contributed by atoms with Gasteiger partial charge in [0.1, 0.15) is 5.75 Å². The molecule has 1 aliphatic heterocycles. The number of aryl methyl sites for hydroxylation is 1. The number of aromatic nitrogens is 2. The van der Waals surface area contributed by atoms with Crippen LogP contribution >= 0.6 is 0 Å². The maximum Gasteiger partial charge on any atom is 0.261 e. The van der Waals surface area contributed by atoms with E-state index >= 15 is 0 Å². The molecule has 2 heterocycles. The van der Waals surface area contributed by atoms with Gasteiger partial charge in [-0.2, -0.15) is 4.98 Å². The number of nitrogens with zero attached hydrogens (tertiary/aromatic N) is 2. The molecule has 4 nitrogen and oxygen atoms in total. The lowest BCUT2D eigenvalue weighted by Crippen LogP contribution is -1.88. The lowest BCUT2D eigenvalue weighted by molar-refractivity contribution is 0.355. The summed E-state index contributed by atoms with van der Waals surface area (Å²) in [4.78, 5) is 4.20. The normalized spacial score (nSPS) is 13.7. The molecular weight excluding hydrogens is 192 g/mol. The Morgan fingerprint density at radius 2 is 2.27 bits per heavy atom. The monoisotopic (exact) mass is 202 g/mol. The van der Waals surface area contributed by atoms with E-state index in [4.69, 9.17) is 9.26 Å². The number of rotatable bonds is 1. The molecule has 0 spiro atoms. The van der Waals surface area contributed by atoms with Gasteiger partial charge in [-0.05, 0) is 18.6 Å². The van der Waals surface area contributed by atoms with Crippen LogP contribution in [0.3, 0.4) is 0 Å². The lowest BCUT2D eigenvalue weighted by atomic mass is 10.1. The van der Waals surface area contributed by atoms with Gasteiger partial charge >= 0.3 is 0 Å². The second-order valence-electron chi connectivity index (χ2n) is 3.54. The summed E-state index contributed by atoms with van der Waals surface area (Å²) in [6, 6.07) is 5.99. The maximum absolute atomic E-state index is 5.57. The zero-order valence-corrected chi connectivity index (χ0v) is 8.36. The fourth-order valence-electron chi connectivity index (χ4n) is 1.79. The van der Waals surface area contributed by atoms with Crippen LogP contribution in [0.25, 0.3) is 11.5 Å². The Hall–Kier alpha value is -1.84. The van der Waals surface area contributed by atoms with E-state index in [1.165, 1.54) is 5.56 Å². The Bertz CT molecular complexity index is 505. The Kier molecular flexibility index (Phi) is 1.74. The van der Waals surface area contributed by atoms with Gasteiger partial charge in [0.15, 0.2) is 5.82 Å². The number of para-hydroxylation sites is 1. The van der Waals surface area contributed by atoms with E-state index in [0.717, 1.165) is 24.3 Å². The van der Waals surface area contributed by atoms with Crippen molar-refractivity contribution in [3.05, 3.63) is 29.6 Å². The SMILES string of the molecule is Cc1noc(-c2cccc3c2OCC3)n1. The highest BCUT2D eigenvalue weighted by Crippen LogP contribution is 2.35. The van der Waals surface area contributed by atoms with Crippen molar-refractivity contribution in [2.45, 2.75) is 13.3 Å². The molecule has 0 N–H and O–H groups in total. The van der Waals surface area contributed by atoms with Crippen LogP contribution in [0, 0.1) is 6.92 Å². The number of ether oxygens (including phenoxy) is 1. The molecule has 76 valence electrons. The van der Waals surface area contributed by atoms with Gasteiger partial charge in [-0.1, -0.05) is 17.3 Å². The Morgan fingerprint density at radius 1 is 1.33 bits per heavy atom. The molecule has 1 aromatic carbocycles. The first-order valence-corrected chi connectivity index (χ1v) is 4.90. The van der Waals surface area contributed by atoms with Gasteiger partial charge in [-0.3, -0.25) is 0 Å². The highest BCUT2D eigenvalue weighted by atomic mass is 16.5. The molecular formula is C11H10N2O2. The standard InChI is InChI=1S/C11H10N2O2/c1-7-12-11(15-13-7)9-4-2-3-8-5-6-14-10(8)9/h2-4H,5-6H2,1H3. The van der Waals surface area contributed by atoms with Crippen LogP contribution in [0.5, 0.6) is 5.75 Å². The van der Waals surface area contributed by atoms with Gasteiger partial charge in [0.2, 0.25) is 0 Å². The van der Waals surface area contributed by atoms with Crippen LogP contribution in [0.1, 0.15) is 11.4 Å². The largest absolute Gasteiger partial charge is 0.492 e. The molecule has 1 aromatic heterocycles. The van der Waals surface area contributed by atoms with Crippen LogP contribution in [0.4, 0.5) is 0 Å². The lowest BCUT2D eigenvalue weighted by Gasteiger charge is -2.02. The maximum atomic E-state index is 5.57. The summed E-state index contributed by atoms with van der Waals surface area (Å²) in [6.45, 7) is 2.54. The van der Waals surface area contributed by atoms with E-state index in [9.17, 15) is 0 Å². The molecule has 3 rings (SSSR count). The summed E-state index contributed by atoms with van der Waals surface area (Å²) in [7, 11) is 0. The van der Waals surface area contributed by atoms with Gasteiger partial charge in [0.05, 0.1) is 12.2 Å². The molecule has 0 amide bonds. The average molecular weight is 202 g/mol. The van der Waals surface area contributed by atoms with Crippen molar-refractivity contribution >= 4 is 0 Å². The molecule has 0 saturated carbocycles. The van der Waals surface area contributed by atoms with Crippen molar-refractivity contribution in [2.24, 2.45) is 0 Å². The van der Waals surface area contributed by atoms with Crippen molar-refractivity contribution in [2.75, 3.05) is 6.61 Å². The van der Waals surface area contributed by atoms with Gasteiger partial charge < -0.3 is 9.26 Å². The van der Waals surface area contributed by atoms with Crippen molar-refractivity contribution < 1.29 is 9.26 Å². The van der Waals surface area contributed by atoms with Crippen molar-refractivity contribution in [3.63, 3.8) is 0 Å². The molecule has 2 aromatic rings. The van der Waals surface area contributed by atoms with Crippen LogP contribution in [-0.2, 0) is 6.42 Å². The molecule has 0 radical (unpaired) electrons. The minimum Gasteiger partial charge on any atom is -0.492 e. The molecule has 0 bridgehead atoms. The van der Waals surface area contributed by atoms with Gasteiger partial charge in [0.25, 0.3) is 5.89 Å². The van der Waals surface area contributed by atoms with E-state index < -0.39 is 0 Å². The third kappa shape index (κ3) is 1.29. The van der Waals surface area contributed by atoms with E-state index in [1.54, 1.807) is 6.92 Å². The summed E-state index contributed by atoms with van der Waals surface area (Å²) in [5.41, 5.74) is 2.11. The topological polar surface area (TPSA) is 48.2 Å². The number of hydrogen-bond acceptors (Lipinski definition) is 4. The van der Waals surface area contributed by atoms with Gasteiger partial charge in [-0.15, -0.1) is 0 Å². The molecule has 4 heteroatoms. The van der Waals surface area contributed by atoms with Crippen molar-refractivity contribution in [1.82, 2.24) is 10.1 Å². The summed E-state index contributed by atoms with van der Waals surface area (Å²) in [6.07, 6.45) is 0.955. The van der Waals surface area contributed by atoms with Crippen LogP contribution in [-0.4, -0.2) is 16.7 Å². The average Bonchev–Trinajstić information content (AvgIpc) is 2.84. The fraction of sp³-hybridized carbons (Fsp3) is 0.273. The van der Waals surface area contributed by atoms with E-state index in [1.807, 2.05) is 12.1 Å². The molecule has 0 fully saturated rings. The van der Waals surface area contributed by atoms with Crippen LogP contribution < -0.4 is 4.74 Å². The second-order valence-corrected chi connectivity index (χ2v) is 3.54. The predicted molar refractivity (Wildman–Crippen MR) is 53.7 cm³/mol. The summed E-state index contributed by atoms with van der Waals surface area (Å²) in [5, 5.41) is 3.78. The van der Waals surface area contributed by atoms with Gasteiger partial charge in [0, 0.05) is 6.42 Å². The first kappa shape index (κ1) is 8.47. The number of fused-ring (bicyclic) bond motifs is 1. The van der Waals surface area contributed by atoms with Crippen molar-refractivity contribution in [1.29, 1.82) is 0 Å². The fourth-order valence-corrected chi connectivity index (χ4v) is 1.79. The van der Waals surface area contributed by atoms with Crippen LogP contribution in [0.2, 0.25) is 0 Å². The number of hydrogen-bond donors (Lipinski definition) is 0. The first-order chi connectivity index (χ1) is 7.34. The highest BCUT2D eigenvalue weighted by molar-refractivity contribution is 5.66. The third-order valence-corrected chi connectivity index (χ3v) is 2.47. The first-order valence-electron chi connectivity index (χ1n) is 4.90. The molecule has 1 aliphatic rings.